The van der Waals surface area contributed by atoms with E-state index in [1.807, 2.05) is 29.3 Å². The van der Waals surface area contributed by atoms with Crippen LogP contribution in [0.15, 0.2) is 54.7 Å². The van der Waals surface area contributed by atoms with Gasteiger partial charge in [0.1, 0.15) is 11.9 Å². The van der Waals surface area contributed by atoms with Crippen molar-refractivity contribution in [2.45, 2.75) is 38.7 Å². The standard InChI is InChI=1S/C26H29N3O2/c1-18-24(11-8-21-3-2-14-27-25(18)21)20-6-9-22(10-7-20)31-23-12-15-29(16-13-23)26(30)28-17-19-4-5-19/h2-3,6-11,14,19,23H,4-5,12-13,15-17H2,1H3,(H,28,30). The monoisotopic (exact) mass is 415 g/mol. The summed E-state index contributed by atoms with van der Waals surface area (Å²) in [4.78, 5) is 18.7. The Morgan fingerprint density at radius 1 is 1.06 bits per heavy atom. The number of aryl methyl sites for hydroxylation is 1. The van der Waals surface area contributed by atoms with Crippen LogP contribution in [-0.4, -0.2) is 41.7 Å². The van der Waals surface area contributed by atoms with Gasteiger partial charge in [-0.05, 0) is 60.6 Å². The predicted octanol–water partition coefficient (Wildman–Crippen LogP) is 5.17. The summed E-state index contributed by atoms with van der Waals surface area (Å²) in [6.45, 7) is 4.46. The molecule has 0 spiro atoms. The quantitative estimate of drug-likeness (QED) is 0.625. The van der Waals surface area contributed by atoms with E-state index in [1.54, 1.807) is 0 Å². The van der Waals surface area contributed by atoms with Crippen molar-refractivity contribution >= 4 is 16.9 Å². The van der Waals surface area contributed by atoms with Crippen LogP contribution < -0.4 is 10.1 Å². The van der Waals surface area contributed by atoms with Gasteiger partial charge < -0.3 is 15.0 Å². The highest BCUT2D eigenvalue weighted by Gasteiger charge is 2.26. The lowest BCUT2D eigenvalue weighted by Crippen LogP contribution is -2.46. The van der Waals surface area contributed by atoms with Crippen molar-refractivity contribution in [2.75, 3.05) is 19.6 Å². The second-order valence-corrected chi connectivity index (χ2v) is 8.77. The molecule has 1 aliphatic carbocycles. The molecule has 1 aromatic heterocycles. The number of benzene rings is 2. The van der Waals surface area contributed by atoms with Crippen LogP contribution in [-0.2, 0) is 0 Å². The van der Waals surface area contributed by atoms with Crippen LogP contribution in [0.3, 0.4) is 0 Å². The molecule has 31 heavy (non-hydrogen) atoms. The van der Waals surface area contributed by atoms with Crippen molar-refractivity contribution in [2.24, 2.45) is 5.92 Å². The van der Waals surface area contributed by atoms with Gasteiger partial charge in [-0.2, -0.15) is 0 Å². The molecule has 5 rings (SSSR count). The number of pyridine rings is 1. The van der Waals surface area contributed by atoms with Crippen molar-refractivity contribution in [1.29, 1.82) is 0 Å². The van der Waals surface area contributed by atoms with E-state index in [9.17, 15) is 4.79 Å². The number of carbonyl (C=O) groups is 1. The topological polar surface area (TPSA) is 54.5 Å². The molecule has 2 amide bonds. The maximum atomic E-state index is 12.2. The van der Waals surface area contributed by atoms with Crippen LogP contribution in [0.4, 0.5) is 4.79 Å². The third kappa shape index (κ3) is 4.50. The van der Waals surface area contributed by atoms with Gasteiger partial charge in [0.2, 0.25) is 0 Å². The van der Waals surface area contributed by atoms with Gasteiger partial charge in [0, 0.05) is 44.1 Å². The largest absolute Gasteiger partial charge is 0.490 e. The molecule has 3 aromatic rings. The molecule has 2 aromatic carbocycles. The molecule has 1 saturated heterocycles. The van der Waals surface area contributed by atoms with Crippen LogP contribution >= 0.6 is 0 Å². The normalized spacial score (nSPS) is 17.0. The van der Waals surface area contributed by atoms with Crippen molar-refractivity contribution in [3.63, 3.8) is 0 Å². The first-order valence-corrected chi connectivity index (χ1v) is 11.3. The number of nitrogens with one attached hydrogen (secondary N) is 1. The number of hydrogen-bond acceptors (Lipinski definition) is 3. The molecule has 2 heterocycles. The number of hydrogen-bond donors (Lipinski definition) is 1. The highest BCUT2D eigenvalue weighted by Crippen LogP contribution is 2.30. The van der Waals surface area contributed by atoms with E-state index in [0.717, 1.165) is 49.1 Å². The number of urea groups is 1. The molecule has 1 N–H and O–H groups in total. The summed E-state index contributed by atoms with van der Waals surface area (Å²) < 4.78 is 6.21. The molecule has 1 aliphatic heterocycles. The molecule has 5 nitrogen and oxygen atoms in total. The van der Waals surface area contributed by atoms with Gasteiger partial charge in [0.05, 0.1) is 5.52 Å². The number of rotatable bonds is 5. The molecule has 160 valence electrons. The number of carbonyl (C=O) groups excluding carboxylic acids is 1. The van der Waals surface area contributed by atoms with Crippen molar-refractivity contribution in [3.05, 3.63) is 60.3 Å². The summed E-state index contributed by atoms with van der Waals surface area (Å²) in [5.41, 5.74) is 4.61. The Kier molecular flexibility index (Phi) is 5.49. The number of ether oxygens (including phenoxy) is 1. The van der Waals surface area contributed by atoms with E-state index in [4.69, 9.17) is 4.74 Å². The summed E-state index contributed by atoms with van der Waals surface area (Å²) in [7, 11) is 0. The van der Waals surface area contributed by atoms with Crippen LogP contribution in [0.5, 0.6) is 5.75 Å². The summed E-state index contributed by atoms with van der Waals surface area (Å²) in [6, 6.07) is 16.8. The molecule has 0 bridgehead atoms. The first kappa shape index (κ1) is 19.9. The highest BCUT2D eigenvalue weighted by molar-refractivity contribution is 5.88. The van der Waals surface area contributed by atoms with Gasteiger partial charge in [-0.15, -0.1) is 0 Å². The van der Waals surface area contributed by atoms with Crippen LogP contribution in [0.1, 0.15) is 31.2 Å². The molecule has 2 fully saturated rings. The Morgan fingerprint density at radius 3 is 2.58 bits per heavy atom. The highest BCUT2D eigenvalue weighted by atomic mass is 16.5. The Bertz CT molecular complexity index is 1070. The number of amides is 2. The Labute approximate surface area is 183 Å². The maximum absolute atomic E-state index is 12.2. The van der Waals surface area contributed by atoms with Crippen molar-refractivity contribution < 1.29 is 9.53 Å². The minimum Gasteiger partial charge on any atom is -0.490 e. The lowest BCUT2D eigenvalue weighted by atomic mass is 9.98. The fraction of sp³-hybridized carbons (Fsp3) is 0.385. The number of aromatic nitrogens is 1. The molecule has 1 saturated carbocycles. The van der Waals surface area contributed by atoms with E-state index in [-0.39, 0.29) is 12.1 Å². The average Bonchev–Trinajstić information content (AvgIpc) is 3.64. The smallest absolute Gasteiger partial charge is 0.317 e. The summed E-state index contributed by atoms with van der Waals surface area (Å²) >= 11 is 0. The van der Waals surface area contributed by atoms with Gasteiger partial charge in [0.25, 0.3) is 0 Å². The summed E-state index contributed by atoms with van der Waals surface area (Å²) in [5.74, 6) is 1.60. The minimum atomic E-state index is 0.0787. The van der Waals surface area contributed by atoms with Gasteiger partial charge in [-0.25, -0.2) is 4.79 Å². The van der Waals surface area contributed by atoms with Gasteiger partial charge in [0.15, 0.2) is 0 Å². The molecule has 0 unspecified atom stereocenters. The van der Waals surface area contributed by atoms with E-state index < -0.39 is 0 Å². The van der Waals surface area contributed by atoms with Gasteiger partial charge in [-0.3, -0.25) is 4.98 Å². The number of piperidine rings is 1. The second-order valence-electron chi connectivity index (χ2n) is 8.77. The van der Waals surface area contributed by atoms with E-state index in [2.05, 4.69) is 47.6 Å². The predicted molar refractivity (Wildman–Crippen MR) is 123 cm³/mol. The first-order chi connectivity index (χ1) is 15.2. The summed E-state index contributed by atoms with van der Waals surface area (Å²) in [6.07, 6.45) is 6.25. The average molecular weight is 416 g/mol. The Morgan fingerprint density at radius 2 is 1.84 bits per heavy atom. The first-order valence-electron chi connectivity index (χ1n) is 11.3. The molecule has 5 heteroatoms. The van der Waals surface area contributed by atoms with Crippen molar-refractivity contribution in [3.8, 4) is 16.9 Å². The third-order valence-corrected chi connectivity index (χ3v) is 6.46. The fourth-order valence-corrected chi connectivity index (χ4v) is 4.35. The fourth-order valence-electron chi connectivity index (χ4n) is 4.35. The van der Waals surface area contributed by atoms with Gasteiger partial charge >= 0.3 is 6.03 Å². The zero-order chi connectivity index (χ0) is 21.2. The molecule has 0 radical (unpaired) electrons. The van der Waals surface area contributed by atoms with E-state index in [1.165, 1.54) is 29.5 Å². The van der Waals surface area contributed by atoms with E-state index in [0.29, 0.717) is 5.92 Å². The zero-order valence-electron chi connectivity index (χ0n) is 18.0. The van der Waals surface area contributed by atoms with Crippen LogP contribution in [0.25, 0.3) is 22.0 Å². The van der Waals surface area contributed by atoms with E-state index >= 15 is 0 Å². The number of nitrogens with zero attached hydrogens (tertiary/aromatic N) is 2. The van der Waals surface area contributed by atoms with Crippen LogP contribution in [0, 0.1) is 12.8 Å². The van der Waals surface area contributed by atoms with Gasteiger partial charge in [-0.1, -0.05) is 30.3 Å². The second kappa shape index (κ2) is 8.58. The molecular formula is C26H29N3O2. The molecule has 2 aliphatic rings. The van der Waals surface area contributed by atoms with Crippen LogP contribution in [0.2, 0.25) is 0 Å². The third-order valence-electron chi connectivity index (χ3n) is 6.46. The zero-order valence-corrected chi connectivity index (χ0v) is 18.0. The molecule has 0 atom stereocenters. The minimum absolute atomic E-state index is 0.0787. The lowest BCUT2D eigenvalue weighted by molar-refractivity contribution is 0.111. The molecular weight excluding hydrogens is 386 g/mol. The maximum Gasteiger partial charge on any atom is 0.317 e. The summed E-state index contributed by atoms with van der Waals surface area (Å²) in [5, 5.41) is 4.22. The SMILES string of the molecule is Cc1c(-c2ccc(OC3CCN(C(=O)NCC4CC4)CC3)cc2)ccc2cccnc12. The Balaban J connectivity index is 1.18. The van der Waals surface area contributed by atoms with Crippen molar-refractivity contribution in [1.82, 2.24) is 15.2 Å². The number of fused-ring (bicyclic) bond motifs is 1. The Hall–Kier alpha value is -3.08. The lowest BCUT2D eigenvalue weighted by Gasteiger charge is -2.32. The number of likely N-dealkylation sites (tertiary alicyclic amines) is 1.